The zero-order chi connectivity index (χ0) is 22.7. The molecule has 0 aromatic heterocycles. The first-order valence-corrected chi connectivity index (χ1v) is 13.3. The zero-order valence-electron chi connectivity index (χ0n) is 20.2. The van der Waals surface area contributed by atoms with Crippen LogP contribution in [0.2, 0.25) is 0 Å². The molecular formula is C31H37N3. The number of aryl methyl sites for hydroxylation is 1. The third kappa shape index (κ3) is 4.39. The Morgan fingerprint density at radius 1 is 0.647 bits per heavy atom. The lowest BCUT2D eigenvalue weighted by Crippen LogP contribution is -2.52. The topological polar surface area (TPSA) is 18.5 Å². The summed E-state index contributed by atoms with van der Waals surface area (Å²) >= 11 is 0. The quantitative estimate of drug-likeness (QED) is 0.571. The minimum absolute atomic E-state index is 0.429. The van der Waals surface area contributed by atoms with Crippen molar-refractivity contribution in [2.24, 2.45) is 0 Å². The molecule has 3 nitrogen and oxygen atoms in total. The van der Waals surface area contributed by atoms with Crippen LogP contribution in [0.1, 0.15) is 53.4 Å². The zero-order valence-corrected chi connectivity index (χ0v) is 20.2. The number of piperidine rings is 1. The van der Waals surface area contributed by atoms with Gasteiger partial charge in [0.15, 0.2) is 0 Å². The number of piperazine rings is 1. The van der Waals surface area contributed by atoms with Gasteiger partial charge in [0, 0.05) is 43.8 Å². The van der Waals surface area contributed by atoms with Crippen molar-refractivity contribution in [2.45, 2.75) is 43.6 Å². The minimum Gasteiger partial charge on any atom is -0.369 e. The first-order chi connectivity index (χ1) is 16.9. The minimum atomic E-state index is 0.429. The van der Waals surface area contributed by atoms with Gasteiger partial charge < -0.3 is 10.2 Å². The maximum absolute atomic E-state index is 3.50. The fourth-order valence-corrected chi connectivity index (χ4v) is 6.64. The molecule has 0 radical (unpaired) electrons. The Hall–Kier alpha value is -2.62. The van der Waals surface area contributed by atoms with Crippen LogP contribution in [0.4, 0.5) is 5.69 Å². The first-order valence-electron chi connectivity index (χ1n) is 13.3. The van der Waals surface area contributed by atoms with Crippen LogP contribution in [-0.2, 0) is 6.42 Å². The number of nitrogens with one attached hydrogen (secondary N) is 1. The van der Waals surface area contributed by atoms with Gasteiger partial charge in [0.25, 0.3) is 0 Å². The Morgan fingerprint density at radius 3 is 2.12 bits per heavy atom. The van der Waals surface area contributed by atoms with E-state index in [2.05, 4.69) is 94.0 Å². The first kappa shape index (κ1) is 21.9. The summed E-state index contributed by atoms with van der Waals surface area (Å²) in [4.78, 5) is 5.32. The summed E-state index contributed by atoms with van der Waals surface area (Å²) in [5.41, 5.74) is 7.36. The van der Waals surface area contributed by atoms with Crippen molar-refractivity contribution >= 4 is 5.69 Å². The van der Waals surface area contributed by atoms with Crippen LogP contribution in [0.25, 0.3) is 0 Å². The van der Waals surface area contributed by atoms with E-state index < -0.39 is 0 Å². The lowest BCUT2D eigenvalue weighted by atomic mass is 9.69. The van der Waals surface area contributed by atoms with Crippen molar-refractivity contribution in [3.8, 4) is 0 Å². The molecule has 34 heavy (non-hydrogen) atoms. The van der Waals surface area contributed by atoms with Crippen molar-refractivity contribution in [1.82, 2.24) is 10.2 Å². The number of hydrogen-bond acceptors (Lipinski definition) is 3. The van der Waals surface area contributed by atoms with Crippen LogP contribution < -0.4 is 10.2 Å². The average Bonchev–Trinajstić information content (AvgIpc) is 2.94. The van der Waals surface area contributed by atoms with E-state index in [0.29, 0.717) is 11.8 Å². The predicted octanol–water partition coefficient (Wildman–Crippen LogP) is 5.42. The van der Waals surface area contributed by atoms with Crippen LogP contribution in [0.5, 0.6) is 0 Å². The summed E-state index contributed by atoms with van der Waals surface area (Å²) in [6.45, 7) is 7.03. The van der Waals surface area contributed by atoms with Gasteiger partial charge in [0.05, 0.1) is 0 Å². The molecule has 0 spiro atoms. The van der Waals surface area contributed by atoms with E-state index in [1.807, 2.05) is 0 Å². The number of anilines is 1. The molecule has 3 heteroatoms. The van der Waals surface area contributed by atoms with Gasteiger partial charge in [0.1, 0.15) is 0 Å². The second-order valence-corrected chi connectivity index (χ2v) is 10.3. The lowest BCUT2D eigenvalue weighted by molar-refractivity contribution is 0.153. The second-order valence-electron chi connectivity index (χ2n) is 10.3. The van der Waals surface area contributed by atoms with Crippen LogP contribution in [-0.4, -0.2) is 50.2 Å². The van der Waals surface area contributed by atoms with Gasteiger partial charge in [-0.15, -0.1) is 0 Å². The number of hydrogen-bond donors (Lipinski definition) is 1. The molecule has 0 unspecified atom stereocenters. The van der Waals surface area contributed by atoms with Crippen LogP contribution in [0, 0.1) is 0 Å². The Kier molecular flexibility index (Phi) is 6.39. The number of rotatable bonds is 4. The van der Waals surface area contributed by atoms with Crippen LogP contribution >= 0.6 is 0 Å². The van der Waals surface area contributed by atoms with E-state index in [1.165, 1.54) is 79.8 Å². The van der Waals surface area contributed by atoms with Crippen molar-refractivity contribution in [1.29, 1.82) is 0 Å². The fourth-order valence-electron chi connectivity index (χ4n) is 6.64. The van der Waals surface area contributed by atoms with Crippen LogP contribution in [0.15, 0.2) is 78.9 Å². The third-order valence-electron chi connectivity index (χ3n) is 8.50. The van der Waals surface area contributed by atoms with Crippen LogP contribution in [0.3, 0.4) is 0 Å². The second kappa shape index (κ2) is 9.93. The molecule has 6 rings (SSSR count). The van der Waals surface area contributed by atoms with Gasteiger partial charge >= 0.3 is 0 Å². The molecule has 2 fully saturated rings. The molecule has 176 valence electrons. The highest BCUT2D eigenvalue weighted by molar-refractivity contribution is 5.52. The SMILES string of the molecule is c1ccc([C@H]2CCc3ccccc3[C@H]2c2ccc(N3CCN(C4CCNCC4)CC3)cc2)cc1. The predicted molar refractivity (Wildman–Crippen MR) is 142 cm³/mol. The van der Waals surface area contributed by atoms with E-state index in [-0.39, 0.29) is 0 Å². The van der Waals surface area contributed by atoms with Crippen molar-refractivity contribution in [2.75, 3.05) is 44.2 Å². The molecule has 2 heterocycles. The molecule has 1 aliphatic carbocycles. The normalized spacial score (nSPS) is 24.1. The molecule has 1 N–H and O–H groups in total. The van der Waals surface area contributed by atoms with Gasteiger partial charge in [-0.3, -0.25) is 4.90 Å². The smallest absolute Gasteiger partial charge is 0.0367 e. The Balaban J connectivity index is 1.21. The Bertz CT molecular complexity index is 1060. The van der Waals surface area contributed by atoms with Gasteiger partial charge in [-0.1, -0.05) is 66.7 Å². The molecule has 2 atom stereocenters. The average molecular weight is 452 g/mol. The largest absolute Gasteiger partial charge is 0.369 e. The number of fused-ring (bicyclic) bond motifs is 1. The molecule has 2 saturated heterocycles. The van der Waals surface area contributed by atoms with E-state index in [0.717, 1.165) is 19.1 Å². The molecule has 0 bridgehead atoms. The maximum atomic E-state index is 3.50. The van der Waals surface area contributed by atoms with E-state index in [9.17, 15) is 0 Å². The summed E-state index contributed by atoms with van der Waals surface area (Å²) in [6, 6.07) is 30.7. The van der Waals surface area contributed by atoms with Gasteiger partial charge in [-0.2, -0.15) is 0 Å². The standard InChI is InChI=1S/C31H37N3/c1-2-6-24(7-3-1)30-15-12-25-8-4-5-9-29(25)31(30)26-10-13-27(14-11-26)33-20-22-34(23-21-33)28-16-18-32-19-17-28/h1-11,13-14,28,30-32H,12,15-23H2/t30-,31-/m1/s1. The van der Waals surface area contributed by atoms with Gasteiger partial charge in [-0.25, -0.2) is 0 Å². The summed E-state index contributed by atoms with van der Waals surface area (Å²) in [5, 5.41) is 3.50. The molecule has 3 aliphatic rings. The number of benzene rings is 3. The third-order valence-corrected chi connectivity index (χ3v) is 8.50. The summed E-state index contributed by atoms with van der Waals surface area (Å²) in [6.07, 6.45) is 5.00. The highest BCUT2D eigenvalue weighted by Crippen LogP contribution is 2.46. The van der Waals surface area contributed by atoms with Gasteiger partial charge in [0.2, 0.25) is 0 Å². The highest BCUT2D eigenvalue weighted by Gasteiger charge is 2.32. The Morgan fingerprint density at radius 2 is 1.35 bits per heavy atom. The fraction of sp³-hybridized carbons (Fsp3) is 0.419. The van der Waals surface area contributed by atoms with Crippen molar-refractivity contribution in [3.05, 3.63) is 101 Å². The molecule has 0 amide bonds. The summed E-state index contributed by atoms with van der Waals surface area (Å²) in [7, 11) is 0. The monoisotopic (exact) mass is 451 g/mol. The molecular weight excluding hydrogens is 414 g/mol. The van der Waals surface area contributed by atoms with E-state index >= 15 is 0 Å². The summed E-state index contributed by atoms with van der Waals surface area (Å²) < 4.78 is 0. The lowest BCUT2D eigenvalue weighted by Gasteiger charge is -2.41. The Labute approximate surface area is 204 Å². The summed E-state index contributed by atoms with van der Waals surface area (Å²) in [5.74, 6) is 0.966. The van der Waals surface area contributed by atoms with E-state index in [4.69, 9.17) is 0 Å². The maximum Gasteiger partial charge on any atom is 0.0367 e. The van der Waals surface area contributed by atoms with Gasteiger partial charge in [-0.05, 0) is 79.1 Å². The highest BCUT2D eigenvalue weighted by atomic mass is 15.3. The molecule has 3 aromatic rings. The van der Waals surface area contributed by atoms with Crippen molar-refractivity contribution in [3.63, 3.8) is 0 Å². The molecule has 0 saturated carbocycles. The molecule has 2 aliphatic heterocycles. The van der Waals surface area contributed by atoms with Crippen molar-refractivity contribution < 1.29 is 0 Å². The molecule has 3 aromatic carbocycles. The van der Waals surface area contributed by atoms with E-state index in [1.54, 1.807) is 0 Å². The number of nitrogens with zero attached hydrogens (tertiary/aromatic N) is 2.